The van der Waals surface area contributed by atoms with Crippen molar-refractivity contribution in [3.05, 3.63) is 41.0 Å². The quantitative estimate of drug-likeness (QED) is 0.394. The first-order valence-corrected chi connectivity index (χ1v) is 14.4. The molecule has 0 spiro atoms. The van der Waals surface area contributed by atoms with E-state index in [1.165, 1.54) is 39.6 Å². The van der Waals surface area contributed by atoms with Crippen LogP contribution in [0.15, 0.2) is 24.3 Å². The topological polar surface area (TPSA) is 111 Å². The summed E-state index contributed by atoms with van der Waals surface area (Å²) in [5.41, 5.74) is 2.65. The van der Waals surface area contributed by atoms with Gasteiger partial charge in [-0.25, -0.2) is 4.79 Å². The molecule has 11 nitrogen and oxygen atoms in total. The number of hydrogen-bond acceptors (Lipinski definition) is 11. The highest BCUT2D eigenvalue weighted by atomic mass is 16.6. The minimum atomic E-state index is -0.681. The van der Waals surface area contributed by atoms with Crippen LogP contribution in [0.1, 0.15) is 40.4 Å². The molecule has 1 saturated heterocycles. The number of fused-ring (bicyclic) bond motifs is 4. The number of nitrogens with zero attached hydrogens (tertiary/aromatic N) is 1. The summed E-state index contributed by atoms with van der Waals surface area (Å²) in [5, 5.41) is 0. The number of esters is 2. The van der Waals surface area contributed by atoms with Gasteiger partial charge in [-0.3, -0.25) is 9.69 Å². The molecule has 0 aromatic heterocycles. The Morgan fingerprint density at radius 3 is 2.02 bits per heavy atom. The summed E-state index contributed by atoms with van der Waals surface area (Å²) in [5.74, 6) is 0.953. The lowest BCUT2D eigenvalue weighted by atomic mass is 9.63. The van der Waals surface area contributed by atoms with Gasteiger partial charge in [0.15, 0.2) is 23.0 Å². The first kappa shape index (κ1) is 30.7. The fourth-order valence-corrected chi connectivity index (χ4v) is 7.32. The third-order valence-corrected chi connectivity index (χ3v) is 9.30. The van der Waals surface area contributed by atoms with E-state index < -0.39 is 24.1 Å². The van der Waals surface area contributed by atoms with Crippen molar-refractivity contribution < 1.29 is 47.5 Å². The zero-order chi connectivity index (χ0) is 30.8. The van der Waals surface area contributed by atoms with E-state index >= 15 is 0 Å². The minimum Gasteiger partial charge on any atom is -0.493 e. The molecule has 5 rings (SSSR count). The molecule has 2 aliphatic heterocycles. The molecular formula is C32H41NO10. The molecule has 0 N–H and O–H groups in total. The minimum absolute atomic E-state index is 0.0335. The Hall–Kier alpha value is -3.70. The van der Waals surface area contributed by atoms with E-state index in [9.17, 15) is 9.59 Å². The zero-order valence-electron chi connectivity index (χ0n) is 25.8. The number of hydrogen-bond donors (Lipinski definition) is 0. The summed E-state index contributed by atoms with van der Waals surface area (Å²) in [6.45, 7) is 1.63. The lowest BCUT2D eigenvalue weighted by Gasteiger charge is -2.53. The van der Waals surface area contributed by atoms with Crippen molar-refractivity contribution in [1.29, 1.82) is 0 Å². The van der Waals surface area contributed by atoms with Crippen LogP contribution >= 0.6 is 0 Å². The van der Waals surface area contributed by atoms with Crippen molar-refractivity contribution in [2.75, 3.05) is 62.9 Å². The highest BCUT2D eigenvalue weighted by Crippen LogP contribution is 2.51. The van der Waals surface area contributed by atoms with E-state index in [2.05, 4.69) is 17.0 Å². The molecule has 1 saturated carbocycles. The van der Waals surface area contributed by atoms with E-state index in [1.807, 2.05) is 0 Å². The van der Waals surface area contributed by atoms with Gasteiger partial charge in [-0.1, -0.05) is 0 Å². The van der Waals surface area contributed by atoms with Crippen molar-refractivity contribution in [2.24, 2.45) is 17.8 Å². The van der Waals surface area contributed by atoms with Gasteiger partial charge in [-0.2, -0.15) is 0 Å². The van der Waals surface area contributed by atoms with Crippen molar-refractivity contribution in [1.82, 2.24) is 4.90 Å². The molecule has 2 heterocycles. The average molecular weight is 600 g/mol. The molecule has 1 aliphatic carbocycles. The van der Waals surface area contributed by atoms with Gasteiger partial charge in [0.2, 0.25) is 5.75 Å². The van der Waals surface area contributed by atoms with Gasteiger partial charge in [-0.15, -0.1) is 0 Å². The van der Waals surface area contributed by atoms with Gasteiger partial charge in [0.25, 0.3) is 0 Å². The first-order valence-electron chi connectivity index (χ1n) is 14.4. The van der Waals surface area contributed by atoms with Crippen LogP contribution < -0.4 is 23.7 Å². The number of carbonyl (C=O) groups is 2. The number of methoxy groups -OCH3 is 7. The van der Waals surface area contributed by atoms with Crippen molar-refractivity contribution in [3.63, 3.8) is 0 Å². The smallest absolute Gasteiger partial charge is 0.338 e. The van der Waals surface area contributed by atoms with Gasteiger partial charge in [0.05, 0.1) is 54.1 Å². The van der Waals surface area contributed by atoms with Crippen LogP contribution in [0.2, 0.25) is 0 Å². The maximum atomic E-state index is 13.5. The van der Waals surface area contributed by atoms with Crippen LogP contribution in [0.4, 0.5) is 0 Å². The van der Waals surface area contributed by atoms with Gasteiger partial charge in [0.1, 0.15) is 12.2 Å². The molecule has 0 bridgehead atoms. The number of benzene rings is 2. The molecule has 11 heteroatoms. The Morgan fingerprint density at radius 2 is 1.44 bits per heavy atom. The zero-order valence-corrected chi connectivity index (χ0v) is 25.8. The largest absolute Gasteiger partial charge is 0.493 e. The van der Waals surface area contributed by atoms with Gasteiger partial charge in [0, 0.05) is 26.2 Å². The molecule has 0 radical (unpaired) electrons. The Labute approximate surface area is 252 Å². The molecule has 43 heavy (non-hydrogen) atoms. The second-order valence-electron chi connectivity index (χ2n) is 11.2. The predicted octanol–water partition coefficient (Wildman–Crippen LogP) is 3.70. The molecule has 2 aromatic carbocycles. The van der Waals surface area contributed by atoms with Crippen LogP contribution in [0.5, 0.6) is 28.7 Å². The average Bonchev–Trinajstić information content (AvgIpc) is 3.04. The molecule has 2 aromatic rings. The lowest BCUT2D eigenvalue weighted by Crippen LogP contribution is -2.58. The third kappa shape index (κ3) is 5.56. The molecule has 234 valence electrons. The van der Waals surface area contributed by atoms with Crippen molar-refractivity contribution in [2.45, 2.75) is 37.5 Å². The highest BCUT2D eigenvalue weighted by Gasteiger charge is 2.54. The molecule has 0 unspecified atom stereocenters. The summed E-state index contributed by atoms with van der Waals surface area (Å²) in [7, 11) is 10.7. The second kappa shape index (κ2) is 12.9. The normalized spacial score (nSPS) is 26.2. The molecule has 2 fully saturated rings. The van der Waals surface area contributed by atoms with Gasteiger partial charge < -0.3 is 37.9 Å². The number of rotatable bonds is 9. The summed E-state index contributed by atoms with van der Waals surface area (Å²) in [6, 6.07) is 7.33. The van der Waals surface area contributed by atoms with Gasteiger partial charge in [-0.05, 0) is 66.5 Å². The van der Waals surface area contributed by atoms with Crippen LogP contribution in [0.3, 0.4) is 0 Å². The van der Waals surface area contributed by atoms with E-state index in [0.717, 1.165) is 25.9 Å². The fourth-order valence-electron chi connectivity index (χ4n) is 7.32. The molecule has 0 amide bonds. The van der Waals surface area contributed by atoms with E-state index in [0.29, 0.717) is 35.2 Å². The Kier molecular flexibility index (Phi) is 9.22. The first-order chi connectivity index (χ1) is 20.8. The lowest BCUT2D eigenvalue weighted by molar-refractivity contribution is -0.176. The molecule has 3 aliphatic rings. The second-order valence-corrected chi connectivity index (χ2v) is 11.2. The van der Waals surface area contributed by atoms with Gasteiger partial charge >= 0.3 is 11.9 Å². The summed E-state index contributed by atoms with van der Waals surface area (Å²) in [6.07, 6.45) is 0.819. The van der Waals surface area contributed by atoms with E-state index in [4.69, 9.17) is 37.9 Å². The summed E-state index contributed by atoms with van der Waals surface area (Å²) in [4.78, 5) is 29.4. The van der Waals surface area contributed by atoms with E-state index in [-0.39, 0.29) is 29.4 Å². The summed E-state index contributed by atoms with van der Waals surface area (Å²) < 4.78 is 44.7. The monoisotopic (exact) mass is 599 g/mol. The van der Waals surface area contributed by atoms with Crippen LogP contribution in [-0.4, -0.2) is 91.9 Å². The SMILES string of the molecule is COC(=O)[C@H]1[C@H]2C[C@H]3c4cc(OC)c(OC)cc4CCN3C[C@H]2C[C@H](OC(=O)c2cc(OC)c(OC)c(OC)c2)[C@H]1OC. The third-order valence-electron chi connectivity index (χ3n) is 9.30. The van der Waals surface area contributed by atoms with Crippen LogP contribution in [0.25, 0.3) is 0 Å². The summed E-state index contributed by atoms with van der Waals surface area (Å²) >= 11 is 0. The number of piperidine rings is 1. The van der Waals surface area contributed by atoms with Crippen molar-refractivity contribution in [3.8, 4) is 28.7 Å². The predicted molar refractivity (Wildman–Crippen MR) is 155 cm³/mol. The number of ether oxygens (including phenoxy) is 8. The maximum absolute atomic E-state index is 13.5. The fraction of sp³-hybridized carbons (Fsp3) is 0.562. The number of carbonyl (C=O) groups excluding carboxylic acids is 2. The van der Waals surface area contributed by atoms with Crippen molar-refractivity contribution >= 4 is 11.9 Å². The Bertz CT molecular complexity index is 1320. The molecular weight excluding hydrogens is 558 g/mol. The Morgan fingerprint density at radius 1 is 0.791 bits per heavy atom. The van der Waals surface area contributed by atoms with Crippen LogP contribution in [-0.2, 0) is 25.4 Å². The standard InChI is InChI=1S/C32H41NO10/c1-36-23-10-17-8-9-33-16-19-13-27(43-31(34)18-11-25(38-3)29(40-5)26(12-18)39-4)30(41-6)28(32(35)42-7)21(19)14-22(33)20(17)15-24(23)37-2/h10-12,15,19,21-22,27-28,30H,8-9,13-14,16H2,1-7H3/t19-,21+,22+,27+,28+,30-/m1/s1. The highest BCUT2D eigenvalue weighted by molar-refractivity contribution is 5.91. The van der Waals surface area contributed by atoms with Crippen LogP contribution in [0, 0.1) is 17.8 Å². The maximum Gasteiger partial charge on any atom is 0.338 e. The Balaban J connectivity index is 1.44. The van der Waals surface area contributed by atoms with E-state index in [1.54, 1.807) is 33.5 Å². The molecule has 6 atom stereocenters.